The van der Waals surface area contributed by atoms with Crippen molar-refractivity contribution in [3.8, 4) is 5.75 Å². The first-order valence-electron chi connectivity index (χ1n) is 6.44. The molecule has 1 aromatic heterocycles. The van der Waals surface area contributed by atoms with Crippen LogP contribution in [0.25, 0.3) is 0 Å². The fourth-order valence-electron chi connectivity index (χ4n) is 2.03. The van der Waals surface area contributed by atoms with Crippen LogP contribution in [0.1, 0.15) is 21.8 Å². The van der Waals surface area contributed by atoms with E-state index in [-0.39, 0.29) is 0 Å². The van der Waals surface area contributed by atoms with E-state index in [0.29, 0.717) is 0 Å². The van der Waals surface area contributed by atoms with Gasteiger partial charge in [0.15, 0.2) is 0 Å². The van der Waals surface area contributed by atoms with E-state index in [1.165, 1.54) is 11.1 Å². The molecule has 0 saturated carbocycles. The average molecular weight is 276 g/mol. The Morgan fingerprint density at radius 1 is 1.32 bits per heavy atom. The fraction of sp³-hybridized carbons (Fsp3) is 0.400. The molecule has 102 valence electrons. The Labute approximate surface area is 118 Å². The number of aromatic nitrogens is 1. The monoisotopic (exact) mass is 276 g/mol. The molecule has 0 radical (unpaired) electrons. The first kappa shape index (κ1) is 14.0. The normalized spacial score (nSPS) is 10.7. The summed E-state index contributed by atoms with van der Waals surface area (Å²) >= 11 is 1.70. The summed E-state index contributed by atoms with van der Waals surface area (Å²) in [6, 6.07) is 6.30. The molecule has 0 unspecified atom stereocenters. The maximum Gasteiger partial charge on any atom is 0.122 e. The molecule has 3 nitrogen and oxygen atoms in total. The smallest absolute Gasteiger partial charge is 0.122 e. The van der Waals surface area contributed by atoms with Crippen LogP contribution in [-0.2, 0) is 13.0 Å². The van der Waals surface area contributed by atoms with Crippen molar-refractivity contribution in [3.05, 3.63) is 45.4 Å². The molecule has 2 aromatic rings. The van der Waals surface area contributed by atoms with Crippen LogP contribution >= 0.6 is 11.3 Å². The van der Waals surface area contributed by atoms with E-state index in [2.05, 4.69) is 34.7 Å². The second-order valence-electron chi connectivity index (χ2n) is 4.60. The summed E-state index contributed by atoms with van der Waals surface area (Å²) < 4.78 is 5.38. The van der Waals surface area contributed by atoms with Gasteiger partial charge in [0.25, 0.3) is 0 Å². The first-order valence-corrected chi connectivity index (χ1v) is 7.32. The van der Waals surface area contributed by atoms with E-state index >= 15 is 0 Å². The van der Waals surface area contributed by atoms with Crippen molar-refractivity contribution in [2.24, 2.45) is 0 Å². The summed E-state index contributed by atoms with van der Waals surface area (Å²) in [6.45, 7) is 5.90. The van der Waals surface area contributed by atoms with Gasteiger partial charge in [-0.25, -0.2) is 4.98 Å². The van der Waals surface area contributed by atoms with Crippen molar-refractivity contribution >= 4 is 11.3 Å². The number of nitrogens with zero attached hydrogens (tertiary/aromatic N) is 1. The van der Waals surface area contributed by atoms with Gasteiger partial charge < -0.3 is 10.1 Å². The van der Waals surface area contributed by atoms with E-state index in [1.54, 1.807) is 18.4 Å². The zero-order valence-electron chi connectivity index (χ0n) is 11.7. The van der Waals surface area contributed by atoms with E-state index < -0.39 is 0 Å². The minimum Gasteiger partial charge on any atom is -0.496 e. The molecule has 0 fully saturated rings. The minimum absolute atomic E-state index is 0.832. The van der Waals surface area contributed by atoms with Crippen LogP contribution in [0.4, 0.5) is 0 Å². The third-order valence-electron chi connectivity index (χ3n) is 2.98. The van der Waals surface area contributed by atoms with Crippen LogP contribution in [0.15, 0.2) is 23.6 Å². The Bertz CT molecular complexity index is 537. The number of hydrogen-bond acceptors (Lipinski definition) is 4. The van der Waals surface area contributed by atoms with Gasteiger partial charge in [0.1, 0.15) is 5.75 Å². The molecule has 0 amide bonds. The van der Waals surface area contributed by atoms with Crippen molar-refractivity contribution in [2.45, 2.75) is 26.8 Å². The highest BCUT2D eigenvalue weighted by molar-refractivity contribution is 7.09. The van der Waals surface area contributed by atoms with Gasteiger partial charge in [0, 0.05) is 11.9 Å². The Hall–Kier alpha value is -1.39. The quantitative estimate of drug-likeness (QED) is 0.823. The number of hydrogen-bond donors (Lipinski definition) is 1. The van der Waals surface area contributed by atoms with E-state index in [0.717, 1.165) is 36.0 Å². The largest absolute Gasteiger partial charge is 0.496 e. The molecule has 0 aliphatic rings. The predicted octanol–water partition coefficient (Wildman–Crippen LogP) is 3.10. The van der Waals surface area contributed by atoms with Crippen molar-refractivity contribution < 1.29 is 4.74 Å². The number of nitrogens with one attached hydrogen (secondary N) is 1. The third kappa shape index (κ3) is 4.04. The number of aryl methyl sites for hydroxylation is 2. The summed E-state index contributed by atoms with van der Waals surface area (Å²) in [5.41, 5.74) is 3.65. The van der Waals surface area contributed by atoms with Gasteiger partial charge in [-0.1, -0.05) is 17.7 Å². The second-order valence-corrected chi connectivity index (χ2v) is 5.66. The summed E-state index contributed by atoms with van der Waals surface area (Å²) in [4.78, 5) is 4.43. The SMILES string of the molecule is COc1ccc(C)cc1CCNCc1csc(C)n1. The molecule has 0 bridgehead atoms. The molecule has 2 rings (SSSR count). The lowest BCUT2D eigenvalue weighted by Gasteiger charge is -2.09. The number of rotatable bonds is 6. The van der Waals surface area contributed by atoms with E-state index in [9.17, 15) is 0 Å². The van der Waals surface area contributed by atoms with Gasteiger partial charge in [-0.05, 0) is 38.4 Å². The predicted molar refractivity (Wildman–Crippen MR) is 80.0 cm³/mol. The van der Waals surface area contributed by atoms with Crippen molar-refractivity contribution in [2.75, 3.05) is 13.7 Å². The lowest BCUT2D eigenvalue weighted by Crippen LogP contribution is -2.17. The second kappa shape index (κ2) is 6.68. The van der Waals surface area contributed by atoms with Gasteiger partial charge >= 0.3 is 0 Å². The van der Waals surface area contributed by atoms with Crippen LogP contribution in [-0.4, -0.2) is 18.6 Å². The Balaban J connectivity index is 1.83. The minimum atomic E-state index is 0.832. The van der Waals surface area contributed by atoms with Gasteiger partial charge in [-0.15, -0.1) is 11.3 Å². The molecular formula is C15H20N2OS. The van der Waals surface area contributed by atoms with Crippen LogP contribution < -0.4 is 10.1 Å². The highest BCUT2D eigenvalue weighted by atomic mass is 32.1. The first-order chi connectivity index (χ1) is 9.19. The van der Waals surface area contributed by atoms with Crippen LogP contribution in [0.3, 0.4) is 0 Å². The topological polar surface area (TPSA) is 34.1 Å². The summed E-state index contributed by atoms with van der Waals surface area (Å²) in [5, 5.41) is 6.65. The number of thiazole rings is 1. The van der Waals surface area contributed by atoms with Crippen LogP contribution in [0.2, 0.25) is 0 Å². The van der Waals surface area contributed by atoms with E-state index in [1.807, 2.05) is 13.0 Å². The average Bonchev–Trinajstić information content (AvgIpc) is 2.81. The fourth-order valence-corrected chi connectivity index (χ4v) is 2.64. The zero-order valence-corrected chi connectivity index (χ0v) is 12.5. The number of benzene rings is 1. The van der Waals surface area contributed by atoms with E-state index in [4.69, 9.17) is 4.74 Å². The third-order valence-corrected chi connectivity index (χ3v) is 3.80. The Morgan fingerprint density at radius 3 is 2.84 bits per heavy atom. The lowest BCUT2D eigenvalue weighted by molar-refractivity contribution is 0.409. The van der Waals surface area contributed by atoms with Crippen molar-refractivity contribution in [1.82, 2.24) is 10.3 Å². The molecule has 19 heavy (non-hydrogen) atoms. The molecule has 4 heteroatoms. The molecule has 1 N–H and O–H groups in total. The van der Waals surface area contributed by atoms with Gasteiger partial charge in [0.2, 0.25) is 0 Å². The lowest BCUT2D eigenvalue weighted by atomic mass is 10.1. The van der Waals surface area contributed by atoms with Crippen LogP contribution in [0.5, 0.6) is 5.75 Å². The molecular weight excluding hydrogens is 256 g/mol. The van der Waals surface area contributed by atoms with Crippen molar-refractivity contribution in [3.63, 3.8) is 0 Å². The highest BCUT2D eigenvalue weighted by Crippen LogP contribution is 2.19. The summed E-state index contributed by atoms with van der Waals surface area (Å²) in [7, 11) is 1.72. The standard InChI is InChI=1S/C15H20N2OS/c1-11-4-5-15(18-3)13(8-11)6-7-16-9-14-10-19-12(2)17-14/h4-5,8,10,16H,6-7,9H2,1-3H3. The van der Waals surface area contributed by atoms with Crippen LogP contribution in [0, 0.1) is 13.8 Å². The maximum absolute atomic E-state index is 5.38. The van der Waals surface area contributed by atoms with Gasteiger partial charge in [-0.3, -0.25) is 0 Å². The Kier molecular flexibility index (Phi) is 4.93. The molecule has 0 saturated heterocycles. The number of methoxy groups -OCH3 is 1. The molecule has 1 aromatic carbocycles. The highest BCUT2D eigenvalue weighted by Gasteiger charge is 2.03. The number of ether oxygens (including phenoxy) is 1. The van der Waals surface area contributed by atoms with Gasteiger partial charge in [-0.2, -0.15) is 0 Å². The summed E-state index contributed by atoms with van der Waals surface area (Å²) in [5.74, 6) is 0.969. The Morgan fingerprint density at radius 2 is 2.16 bits per heavy atom. The van der Waals surface area contributed by atoms with Gasteiger partial charge in [0.05, 0.1) is 17.8 Å². The molecule has 1 heterocycles. The molecule has 0 aliphatic carbocycles. The molecule has 0 atom stereocenters. The van der Waals surface area contributed by atoms with Crippen molar-refractivity contribution in [1.29, 1.82) is 0 Å². The maximum atomic E-state index is 5.38. The summed E-state index contributed by atoms with van der Waals surface area (Å²) in [6.07, 6.45) is 0.966. The molecule has 0 spiro atoms. The zero-order chi connectivity index (χ0) is 13.7. The molecule has 0 aliphatic heterocycles.